The van der Waals surface area contributed by atoms with Crippen molar-refractivity contribution < 1.29 is 4.39 Å². The molecule has 2 rings (SSSR count). The predicted octanol–water partition coefficient (Wildman–Crippen LogP) is 3.34. The van der Waals surface area contributed by atoms with E-state index in [1.807, 2.05) is 13.2 Å². The summed E-state index contributed by atoms with van der Waals surface area (Å²) < 4.78 is 12.9. The normalized spacial score (nSPS) is 11.0. The van der Waals surface area contributed by atoms with E-state index in [1.54, 1.807) is 23.9 Å². The minimum Gasteiger partial charge on any atom is -0.358 e. The number of benzene rings is 1. The summed E-state index contributed by atoms with van der Waals surface area (Å²) in [5, 5.41) is 0.977. The number of hydrogen-bond acceptors (Lipinski definition) is 1. The second-order valence-electron chi connectivity index (χ2n) is 2.97. The molecule has 1 N–H and O–H groups in total. The Bertz CT molecular complexity index is 447. The second kappa shape index (κ2) is 3.07. The largest absolute Gasteiger partial charge is 0.358 e. The lowest BCUT2D eigenvalue weighted by Gasteiger charge is -1.94. The highest BCUT2D eigenvalue weighted by molar-refractivity contribution is 7.98. The van der Waals surface area contributed by atoms with Gasteiger partial charge in [-0.2, -0.15) is 0 Å². The van der Waals surface area contributed by atoms with Gasteiger partial charge in [-0.25, -0.2) is 4.39 Å². The van der Waals surface area contributed by atoms with Crippen LogP contribution in [0.4, 0.5) is 4.39 Å². The van der Waals surface area contributed by atoms with Crippen LogP contribution in [0.5, 0.6) is 0 Å². The highest BCUT2D eigenvalue weighted by Gasteiger charge is 2.07. The van der Waals surface area contributed by atoms with Gasteiger partial charge in [-0.15, -0.1) is 11.8 Å². The average Bonchev–Trinajstić information content (AvgIpc) is 2.40. The van der Waals surface area contributed by atoms with Crippen LogP contribution < -0.4 is 0 Å². The SMILES string of the molecule is CSc1c(C)[nH]c2ccc(F)cc12. The zero-order valence-electron chi connectivity index (χ0n) is 7.52. The lowest BCUT2D eigenvalue weighted by molar-refractivity contribution is 0.629. The number of halogens is 1. The standard InChI is InChI=1S/C10H10FNS/c1-6-10(13-2)8-5-7(11)3-4-9(8)12-6/h3-5,12H,1-2H3. The fourth-order valence-corrected chi connectivity index (χ4v) is 2.28. The number of H-pyrrole nitrogens is 1. The summed E-state index contributed by atoms with van der Waals surface area (Å²) in [5.41, 5.74) is 2.11. The van der Waals surface area contributed by atoms with E-state index in [0.29, 0.717) is 0 Å². The Morgan fingerprint density at radius 2 is 2.15 bits per heavy atom. The molecule has 1 heterocycles. The zero-order valence-corrected chi connectivity index (χ0v) is 8.33. The van der Waals surface area contributed by atoms with E-state index in [9.17, 15) is 4.39 Å². The van der Waals surface area contributed by atoms with E-state index < -0.39 is 0 Å². The fraction of sp³-hybridized carbons (Fsp3) is 0.200. The van der Waals surface area contributed by atoms with Crippen molar-refractivity contribution in [1.82, 2.24) is 4.98 Å². The number of rotatable bonds is 1. The van der Waals surface area contributed by atoms with Gasteiger partial charge in [0.1, 0.15) is 5.82 Å². The first kappa shape index (κ1) is 8.63. The molecule has 0 atom stereocenters. The van der Waals surface area contributed by atoms with E-state index in [-0.39, 0.29) is 5.82 Å². The molecule has 0 aliphatic heterocycles. The molecule has 2 aromatic rings. The Morgan fingerprint density at radius 3 is 2.85 bits per heavy atom. The minimum atomic E-state index is -0.179. The second-order valence-corrected chi connectivity index (χ2v) is 3.79. The lowest BCUT2D eigenvalue weighted by Crippen LogP contribution is -1.73. The topological polar surface area (TPSA) is 15.8 Å². The molecule has 0 aliphatic carbocycles. The molecule has 0 saturated carbocycles. The number of nitrogens with one attached hydrogen (secondary N) is 1. The first-order valence-electron chi connectivity index (χ1n) is 4.04. The van der Waals surface area contributed by atoms with Crippen molar-refractivity contribution in [3.8, 4) is 0 Å². The predicted molar refractivity (Wildman–Crippen MR) is 54.8 cm³/mol. The Hall–Kier alpha value is -0.960. The van der Waals surface area contributed by atoms with Crippen molar-refractivity contribution in [2.45, 2.75) is 11.8 Å². The van der Waals surface area contributed by atoms with E-state index in [1.165, 1.54) is 6.07 Å². The van der Waals surface area contributed by atoms with Gasteiger partial charge in [-0.05, 0) is 31.4 Å². The number of aromatic amines is 1. The van der Waals surface area contributed by atoms with E-state index in [2.05, 4.69) is 4.98 Å². The molecule has 1 aromatic heterocycles. The first-order chi connectivity index (χ1) is 6.22. The average molecular weight is 195 g/mol. The van der Waals surface area contributed by atoms with Gasteiger partial charge in [0.25, 0.3) is 0 Å². The van der Waals surface area contributed by atoms with Gasteiger partial charge >= 0.3 is 0 Å². The van der Waals surface area contributed by atoms with Crippen LogP contribution in [0.3, 0.4) is 0 Å². The quantitative estimate of drug-likeness (QED) is 0.690. The van der Waals surface area contributed by atoms with Crippen molar-refractivity contribution in [3.63, 3.8) is 0 Å². The van der Waals surface area contributed by atoms with Gasteiger partial charge in [-0.1, -0.05) is 0 Å². The van der Waals surface area contributed by atoms with E-state index in [0.717, 1.165) is 21.5 Å². The van der Waals surface area contributed by atoms with Crippen LogP contribution >= 0.6 is 11.8 Å². The highest BCUT2D eigenvalue weighted by Crippen LogP contribution is 2.29. The van der Waals surface area contributed by atoms with Crippen LogP contribution in [0.1, 0.15) is 5.69 Å². The molecule has 68 valence electrons. The van der Waals surface area contributed by atoms with Crippen LogP contribution in [-0.2, 0) is 0 Å². The Kier molecular flexibility index (Phi) is 2.04. The van der Waals surface area contributed by atoms with Gasteiger partial charge in [0.15, 0.2) is 0 Å². The van der Waals surface area contributed by atoms with Crippen LogP contribution in [0.15, 0.2) is 23.1 Å². The van der Waals surface area contributed by atoms with Gasteiger partial charge in [0.05, 0.1) is 0 Å². The molecule has 3 heteroatoms. The highest BCUT2D eigenvalue weighted by atomic mass is 32.2. The van der Waals surface area contributed by atoms with Crippen molar-refractivity contribution in [2.24, 2.45) is 0 Å². The summed E-state index contributed by atoms with van der Waals surface area (Å²) >= 11 is 1.64. The molecular weight excluding hydrogens is 185 g/mol. The Balaban J connectivity index is 2.80. The third-order valence-corrected chi connectivity index (χ3v) is 3.03. The van der Waals surface area contributed by atoms with Crippen LogP contribution in [-0.4, -0.2) is 11.2 Å². The van der Waals surface area contributed by atoms with Crippen LogP contribution in [0.2, 0.25) is 0 Å². The molecule has 0 bridgehead atoms. The number of fused-ring (bicyclic) bond motifs is 1. The monoisotopic (exact) mass is 195 g/mol. The maximum Gasteiger partial charge on any atom is 0.123 e. The van der Waals surface area contributed by atoms with E-state index in [4.69, 9.17) is 0 Å². The summed E-state index contributed by atoms with van der Waals surface area (Å²) in [6.45, 7) is 2.00. The molecule has 1 aromatic carbocycles. The minimum absolute atomic E-state index is 0.179. The van der Waals surface area contributed by atoms with Gasteiger partial charge in [0.2, 0.25) is 0 Å². The molecular formula is C10H10FNS. The number of aromatic nitrogens is 1. The van der Waals surface area contributed by atoms with Crippen LogP contribution in [0, 0.1) is 12.7 Å². The van der Waals surface area contributed by atoms with Gasteiger partial charge < -0.3 is 4.98 Å². The maximum atomic E-state index is 12.9. The van der Waals surface area contributed by atoms with Gasteiger partial charge in [-0.3, -0.25) is 0 Å². The molecule has 0 spiro atoms. The fourth-order valence-electron chi connectivity index (χ4n) is 1.54. The summed E-state index contributed by atoms with van der Waals surface area (Å²) in [6.07, 6.45) is 2.00. The maximum absolute atomic E-state index is 12.9. The third-order valence-electron chi connectivity index (χ3n) is 2.09. The third kappa shape index (κ3) is 1.33. The van der Waals surface area contributed by atoms with Gasteiger partial charge in [0, 0.05) is 21.5 Å². The summed E-state index contributed by atoms with van der Waals surface area (Å²) in [7, 11) is 0. The van der Waals surface area contributed by atoms with Crippen molar-refractivity contribution in [3.05, 3.63) is 29.7 Å². The van der Waals surface area contributed by atoms with E-state index >= 15 is 0 Å². The molecule has 1 nitrogen and oxygen atoms in total. The van der Waals surface area contributed by atoms with Crippen molar-refractivity contribution >= 4 is 22.7 Å². The molecule has 0 amide bonds. The first-order valence-corrected chi connectivity index (χ1v) is 5.26. The lowest BCUT2D eigenvalue weighted by atomic mass is 10.2. The number of thioether (sulfide) groups is 1. The zero-order chi connectivity index (χ0) is 9.42. The number of aryl methyl sites for hydroxylation is 1. The Labute approximate surface area is 80.3 Å². The Morgan fingerprint density at radius 1 is 1.38 bits per heavy atom. The summed E-state index contributed by atoms with van der Waals surface area (Å²) in [4.78, 5) is 4.35. The summed E-state index contributed by atoms with van der Waals surface area (Å²) in [5.74, 6) is -0.179. The molecule has 13 heavy (non-hydrogen) atoms. The number of hydrogen-bond donors (Lipinski definition) is 1. The van der Waals surface area contributed by atoms with Crippen molar-refractivity contribution in [2.75, 3.05) is 6.26 Å². The molecule has 0 aliphatic rings. The molecule has 0 unspecified atom stereocenters. The molecule has 0 fully saturated rings. The van der Waals surface area contributed by atoms with Crippen LogP contribution in [0.25, 0.3) is 10.9 Å². The smallest absolute Gasteiger partial charge is 0.123 e. The summed E-state index contributed by atoms with van der Waals surface area (Å²) in [6, 6.07) is 4.82. The molecule has 0 radical (unpaired) electrons. The van der Waals surface area contributed by atoms with Crippen molar-refractivity contribution in [1.29, 1.82) is 0 Å². The molecule has 0 saturated heterocycles.